The minimum Gasteiger partial charge on any atom is -0.459 e. The molecule has 0 radical (unpaired) electrons. The van der Waals surface area contributed by atoms with Crippen LogP contribution in [-0.2, 0) is 0 Å². The number of thiophene rings is 1. The van der Waals surface area contributed by atoms with E-state index in [9.17, 15) is 9.59 Å². The number of carbonyl (C=O) groups excluding carboxylic acids is 2. The van der Waals surface area contributed by atoms with E-state index in [2.05, 4.69) is 5.32 Å². The summed E-state index contributed by atoms with van der Waals surface area (Å²) in [6.07, 6.45) is 4.68. The molecule has 3 aromatic heterocycles. The highest BCUT2D eigenvalue weighted by atomic mass is 32.1. The Bertz CT molecular complexity index is 1190. The van der Waals surface area contributed by atoms with Crippen molar-refractivity contribution >= 4 is 23.2 Å². The van der Waals surface area contributed by atoms with E-state index >= 15 is 0 Å². The van der Waals surface area contributed by atoms with E-state index in [-0.39, 0.29) is 17.9 Å². The zero-order valence-corrected chi connectivity index (χ0v) is 18.1. The van der Waals surface area contributed by atoms with Crippen molar-refractivity contribution in [3.63, 3.8) is 0 Å². The highest BCUT2D eigenvalue weighted by molar-refractivity contribution is 7.13. The summed E-state index contributed by atoms with van der Waals surface area (Å²) in [5.41, 5.74) is 2.12. The molecule has 2 amide bonds. The molecule has 0 bridgehead atoms. The molecule has 1 saturated heterocycles. The number of para-hydroxylation sites is 1. The number of nitrogens with one attached hydrogen (secondary N) is 1. The number of amides is 2. The molecule has 7 nitrogen and oxygen atoms in total. The summed E-state index contributed by atoms with van der Waals surface area (Å²) in [4.78, 5) is 28.4. The summed E-state index contributed by atoms with van der Waals surface area (Å²) < 4.78 is 6.96. The summed E-state index contributed by atoms with van der Waals surface area (Å²) in [5, 5.41) is 9.83. The lowest BCUT2D eigenvalue weighted by Gasteiger charge is -2.31. The first-order valence-electron chi connectivity index (χ1n) is 10.5. The van der Waals surface area contributed by atoms with Gasteiger partial charge >= 0.3 is 0 Å². The van der Waals surface area contributed by atoms with Crippen molar-refractivity contribution in [2.75, 3.05) is 13.1 Å². The van der Waals surface area contributed by atoms with Gasteiger partial charge < -0.3 is 14.6 Å². The number of hydrogen-bond donors (Lipinski definition) is 1. The lowest BCUT2D eigenvalue weighted by Crippen LogP contribution is -2.46. The predicted octanol–water partition coefficient (Wildman–Crippen LogP) is 4.23. The fraction of sp³-hybridized carbons (Fsp3) is 0.208. The topological polar surface area (TPSA) is 80.4 Å². The first-order valence-corrected chi connectivity index (χ1v) is 11.4. The van der Waals surface area contributed by atoms with Crippen LogP contribution in [0, 0.1) is 0 Å². The average Bonchev–Trinajstić information content (AvgIpc) is 3.61. The third-order valence-electron chi connectivity index (χ3n) is 5.58. The van der Waals surface area contributed by atoms with E-state index in [0.717, 1.165) is 10.6 Å². The standard InChI is InChI=1S/C24H22N4O3S/c29-23(25-17-10-12-27(13-11-17)24(30)20-8-4-14-31-20)19-16-28(18-6-2-1-3-7-18)26-22(19)21-9-5-15-32-21/h1-9,14-17H,10-13H2,(H,25,29). The quantitative estimate of drug-likeness (QED) is 0.498. The SMILES string of the molecule is O=C(NC1CCN(C(=O)c2ccco2)CC1)c1cn(-c2ccccc2)nc1-c1cccs1. The molecule has 0 aliphatic carbocycles. The van der Waals surface area contributed by atoms with E-state index < -0.39 is 0 Å². The van der Waals surface area contributed by atoms with E-state index in [1.807, 2.05) is 47.8 Å². The second kappa shape index (κ2) is 8.84. The van der Waals surface area contributed by atoms with E-state index in [4.69, 9.17) is 9.52 Å². The van der Waals surface area contributed by atoms with Gasteiger partial charge in [-0.2, -0.15) is 5.10 Å². The second-order valence-corrected chi connectivity index (χ2v) is 8.61. The number of furan rings is 1. The Balaban J connectivity index is 1.30. The number of likely N-dealkylation sites (tertiary alicyclic amines) is 1. The van der Waals surface area contributed by atoms with Crippen LogP contribution in [0.1, 0.15) is 33.8 Å². The van der Waals surface area contributed by atoms with Crippen LogP contribution in [0.15, 0.2) is 76.9 Å². The summed E-state index contributed by atoms with van der Waals surface area (Å²) in [6.45, 7) is 1.15. The molecular formula is C24H22N4O3S. The molecule has 8 heteroatoms. The smallest absolute Gasteiger partial charge is 0.289 e. The minimum absolute atomic E-state index is 0.000544. The Morgan fingerprint density at radius 1 is 1.03 bits per heavy atom. The van der Waals surface area contributed by atoms with Gasteiger partial charge in [0, 0.05) is 25.3 Å². The lowest BCUT2D eigenvalue weighted by molar-refractivity contribution is 0.0667. The van der Waals surface area contributed by atoms with E-state index in [1.165, 1.54) is 6.26 Å². The molecule has 1 aliphatic heterocycles. The van der Waals surface area contributed by atoms with Crippen molar-refractivity contribution < 1.29 is 14.0 Å². The van der Waals surface area contributed by atoms with Crippen molar-refractivity contribution in [1.82, 2.24) is 20.0 Å². The molecule has 4 aromatic rings. The summed E-state index contributed by atoms with van der Waals surface area (Å²) in [6, 6.07) is 17.1. The van der Waals surface area contributed by atoms with Gasteiger partial charge in [0.15, 0.2) is 5.76 Å². The number of hydrogen-bond acceptors (Lipinski definition) is 5. The van der Waals surface area contributed by atoms with Gasteiger partial charge in [0.2, 0.25) is 0 Å². The summed E-state index contributed by atoms with van der Waals surface area (Å²) >= 11 is 1.56. The molecule has 4 heterocycles. The van der Waals surface area contributed by atoms with Crippen LogP contribution in [0.5, 0.6) is 0 Å². The predicted molar refractivity (Wildman–Crippen MR) is 122 cm³/mol. The van der Waals surface area contributed by atoms with Crippen molar-refractivity contribution in [2.24, 2.45) is 0 Å². The molecule has 162 valence electrons. The van der Waals surface area contributed by atoms with Crippen LogP contribution in [0.3, 0.4) is 0 Å². The number of benzene rings is 1. The fourth-order valence-corrected chi connectivity index (χ4v) is 4.62. The highest BCUT2D eigenvalue weighted by Gasteiger charge is 2.27. The zero-order valence-electron chi connectivity index (χ0n) is 17.3. The van der Waals surface area contributed by atoms with Gasteiger partial charge in [0.05, 0.1) is 22.4 Å². The largest absolute Gasteiger partial charge is 0.459 e. The number of rotatable bonds is 5. The van der Waals surface area contributed by atoms with Crippen molar-refractivity contribution in [3.8, 4) is 16.3 Å². The van der Waals surface area contributed by atoms with Crippen LogP contribution in [0.4, 0.5) is 0 Å². The lowest BCUT2D eigenvalue weighted by atomic mass is 10.0. The first-order chi connectivity index (χ1) is 15.7. The third-order valence-corrected chi connectivity index (χ3v) is 6.46. The summed E-state index contributed by atoms with van der Waals surface area (Å²) in [5.74, 6) is 0.0942. The molecule has 32 heavy (non-hydrogen) atoms. The summed E-state index contributed by atoms with van der Waals surface area (Å²) in [7, 11) is 0. The van der Waals surface area contributed by atoms with Crippen LogP contribution in [0.2, 0.25) is 0 Å². The van der Waals surface area contributed by atoms with Crippen LogP contribution < -0.4 is 5.32 Å². The van der Waals surface area contributed by atoms with Crippen LogP contribution >= 0.6 is 11.3 Å². The van der Waals surface area contributed by atoms with E-state index in [0.29, 0.717) is 42.9 Å². The Hall–Kier alpha value is -3.65. The molecule has 0 spiro atoms. The van der Waals surface area contributed by atoms with E-state index in [1.54, 1.807) is 39.2 Å². The van der Waals surface area contributed by atoms with Crippen LogP contribution in [0.25, 0.3) is 16.3 Å². The maximum Gasteiger partial charge on any atom is 0.289 e. The molecule has 0 unspecified atom stereocenters. The number of piperidine rings is 1. The van der Waals surface area contributed by atoms with Gasteiger partial charge in [0.25, 0.3) is 11.8 Å². The highest BCUT2D eigenvalue weighted by Crippen LogP contribution is 2.28. The zero-order chi connectivity index (χ0) is 21.9. The van der Waals surface area contributed by atoms with Gasteiger partial charge in [-0.15, -0.1) is 11.3 Å². The van der Waals surface area contributed by atoms with Gasteiger partial charge in [0.1, 0.15) is 5.69 Å². The molecular weight excluding hydrogens is 424 g/mol. The van der Waals surface area contributed by atoms with Gasteiger partial charge in [-0.3, -0.25) is 9.59 Å². The maximum absolute atomic E-state index is 13.2. The van der Waals surface area contributed by atoms with Crippen LogP contribution in [-0.4, -0.2) is 45.6 Å². The molecule has 1 N–H and O–H groups in total. The Morgan fingerprint density at radius 3 is 2.53 bits per heavy atom. The van der Waals surface area contributed by atoms with Gasteiger partial charge in [-0.25, -0.2) is 4.68 Å². The number of nitrogens with zero attached hydrogens (tertiary/aromatic N) is 3. The Morgan fingerprint density at radius 2 is 1.84 bits per heavy atom. The normalized spacial score (nSPS) is 14.4. The number of carbonyl (C=O) groups is 2. The Kier molecular flexibility index (Phi) is 5.60. The maximum atomic E-state index is 13.2. The molecule has 0 atom stereocenters. The monoisotopic (exact) mass is 446 g/mol. The fourth-order valence-electron chi connectivity index (χ4n) is 3.89. The molecule has 1 fully saturated rings. The molecule has 0 saturated carbocycles. The number of aromatic nitrogens is 2. The third kappa shape index (κ3) is 4.09. The minimum atomic E-state index is -0.147. The molecule has 5 rings (SSSR count). The van der Waals surface area contributed by atoms with Gasteiger partial charge in [-0.05, 0) is 48.6 Å². The molecule has 1 aromatic carbocycles. The average molecular weight is 447 g/mol. The van der Waals surface area contributed by atoms with Crippen molar-refractivity contribution in [2.45, 2.75) is 18.9 Å². The van der Waals surface area contributed by atoms with Crippen molar-refractivity contribution in [3.05, 3.63) is 83.8 Å². The second-order valence-electron chi connectivity index (χ2n) is 7.67. The first kappa shape index (κ1) is 20.3. The van der Waals surface area contributed by atoms with Gasteiger partial charge in [-0.1, -0.05) is 24.3 Å². The molecule has 1 aliphatic rings. The Labute approximate surface area is 189 Å². The van der Waals surface area contributed by atoms with Crippen molar-refractivity contribution in [1.29, 1.82) is 0 Å².